The number of aryl methyl sites for hydroxylation is 1. The number of hydrogen-bond acceptors (Lipinski definition) is 7. The van der Waals surface area contributed by atoms with Crippen LogP contribution in [0.4, 0.5) is 5.82 Å². The van der Waals surface area contributed by atoms with Gasteiger partial charge < -0.3 is 10.1 Å². The minimum Gasteiger partial charge on any atom is -0.376 e. The maximum atomic E-state index is 13.3. The van der Waals surface area contributed by atoms with Gasteiger partial charge in [0, 0.05) is 19.3 Å². The van der Waals surface area contributed by atoms with Gasteiger partial charge in [-0.1, -0.05) is 37.0 Å². The zero-order valence-electron chi connectivity index (χ0n) is 17.0. The number of ether oxygens (including phenoxy) is 1. The molecule has 0 aromatic carbocycles. The van der Waals surface area contributed by atoms with Gasteiger partial charge in [0.2, 0.25) is 0 Å². The maximum absolute atomic E-state index is 13.3. The first-order valence-corrected chi connectivity index (χ1v) is 11.3. The molecule has 2 fully saturated rings. The van der Waals surface area contributed by atoms with Crippen molar-refractivity contribution in [1.82, 2.24) is 14.3 Å². The number of aromatic nitrogens is 2. The van der Waals surface area contributed by atoms with Crippen molar-refractivity contribution in [3.63, 3.8) is 0 Å². The second-order valence-corrected chi connectivity index (χ2v) is 9.09. The van der Waals surface area contributed by atoms with Gasteiger partial charge in [-0.05, 0) is 43.9 Å². The van der Waals surface area contributed by atoms with Gasteiger partial charge in [0.25, 0.3) is 11.5 Å². The Morgan fingerprint density at radius 1 is 1.43 bits per heavy atom. The predicted octanol–water partition coefficient (Wildman–Crippen LogP) is 3.21. The molecule has 158 valence electrons. The third kappa shape index (κ3) is 4.01. The molecule has 2 aliphatic rings. The van der Waals surface area contributed by atoms with Crippen molar-refractivity contribution in [1.29, 1.82) is 0 Å². The molecule has 0 unspecified atom stereocenters. The fraction of sp³-hybridized carbons (Fsp3) is 0.429. The number of rotatable bonds is 6. The fourth-order valence-corrected chi connectivity index (χ4v) is 4.86. The Bertz CT molecular complexity index is 1090. The van der Waals surface area contributed by atoms with Crippen molar-refractivity contribution >= 4 is 51.7 Å². The largest absolute Gasteiger partial charge is 0.376 e. The highest BCUT2D eigenvalue weighted by Gasteiger charge is 2.35. The third-order valence-corrected chi connectivity index (χ3v) is 6.56. The van der Waals surface area contributed by atoms with Crippen LogP contribution in [0.3, 0.4) is 0 Å². The molecule has 1 atom stereocenters. The molecule has 2 saturated heterocycles. The van der Waals surface area contributed by atoms with Gasteiger partial charge in [-0.25, -0.2) is 4.98 Å². The zero-order valence-corrected chi connectivity index (χ0v) is 18.6. The summed E-state index contributed by atoms with van der Waals surface area (Å²) >= 11 is 6.65. The first kappa shape index (κ1) is 21.0. The zero-order chi connectivity index (χ0) is 21.3. The number of nitrogens with one attached hydrogen (secondary N) is 1. The van der Waals surface area contributed by atoms with Gasteiger partial charge in [-0.3, -0.25) is 18.9 Å². The summed E-state index contributed by atoms with van der Waals surface area (Å²) in [6.45, 7) is 5.82. The van der Waals surface area contributed by atoms with Crippen LogP contribution in [0.1, 0.15) is 37.3 Å². The van der Waals surface area contributed by atoms with E-state index in [2.05, 4.69) is 10.3 Å². The van der Waals surface area contributed by atoms with Crippen LogP contribution in [0.15, 0.2) is 28.0 Å². The number of hydrogen-bond donors (Lipinski definition) is 1. The summed E-state index contributed by atoms with van der Waals surface area (Å²) in [6.07, 6.45) is 6.15. The Hall–Kier alpha value is -2.23. The van der Waals surface area contributed by atoms with Gasteiger partial charge in [-0.2, -0.15) is 0 Å². The molecule has 7 nitrogen and oxygen atoms in total. The van der Waals surface area contributed by atoms with E-state index in [1.807, 2.05) is 26.0 Å². The van der Waals surface area contributed by atoms with E-state index in [9.17, 15) is 9.59 Å². The Kier molecular flexibility index (Phi) is 6.21. The van der Waals surface area contributed by atoms with Crippen LogP contribution in [-0.4, -0.2) is 50.3 Å². The average molecular weight is 445 g/mol. The van der Waals surface area contributed by atoms with Crippen LogP contribution in [0, 0.1) is 6.92 Å². The standard InChI is InChI=1S/C21H24N4O3S2/c1-3-8-22-17-15(19(26)24-9-4-6-13(2)18(24)23-17)11-16-20(27)25(21(29)30-16)12-14-7-5-10-28-14/h4,6,9,11,14,22H,3,5,7-8,10,12H2,1-2H3/b16-11+/t14-/m1/s1. The van der Waals surface area contributed by atoms with Crippen LogP contribution in [-0.2, 0) is 9.53 Å². The summed E-state index contributed by atoms with van der Waals surface area (Å²) in [4.78, 5) is 33.0. The molecule has 2 aromatic rings. The Balaban J connectivity index is 1.73. The van der Waals surface area contributed by atoms with E-state index in [0.29, 0.717) is 39.3 Å². The highest BCUT2D eigenvalue weighted by molar-refractivity contribution is 8.26. The topological polar surface area (TPSA) is 75.9 Å². The molecule has 2 aliphatic heterocycles. The second-order valence-electron chi connectivity index (χ2n) is 7.42. The molecule has 1 amide bonds. The van der Waals surface area contributed by atoms with E-state index in [1.165, 1.54) is 16.2 Å². The van der Waals surface area contributed by atoms with Crippen molar-refractivity contribution in [2.24, 2.45) is 0 Å². The summed E-state index contributed by atoms with van der Waals surface area (Å²) in [5, 5.41) is 3.24. The van der Waals surface area contributed by atoms with Gasteiger partial charge >= 0.3 is 0 Å². The predicted molar refractivity (Wildman–Crippen MR) is 124 cm³/mol. The molecule has 9 heteroatoms. The van der Waals surface area contributed by atoms with Crippen LogP contribution < -0.4 is 10.9 Å². The van der Waals surface area contributed by atoms with E-state index < -0.39 is 0 Å². The lowest BCUT2D eigenvalue weighted by molar-refractivity contribution is -0.123. The van der Waals surface area contributed by atoms with Gasteiger partial charge in [0.15, 0.2) is 0 Å². The number of thioether (sulfide) groups is 1. The van der Waals surface area contributed by atoms with Crippen LogP contribution >= 0.6 is 24.0 Å². The van der Waals surface area contributed by atoms with Crippen LogP contribution in [0.25, 0.3) is 11.7 Å². The van der Waals surface area contributed by atoms with E-state index in [0.717, 1.165) is 31.4 Å². The third-order valence-electron chi connectivity index (χ3n) is 5.19. The Labute approximate surface area is 184 Å². The molecule has 30 heavy (non-hydrogen) atoms. The van der Waals surface area contributed by atoms with E-state index in [-0.39, 0.29) is 17.6 Å². The smallest absolute Gasteiger partial charge is 0.267 e. The molecule has 0 radical (unpaired) electrons. The molecular weight excluding hydrogens is 420 g/mol. The van der Waals surface area contributed by atoms with Gasteiger partial charge in [0.1, 0.15) is 15.8 Å². The molecule has 1 N–H and O–H groups in total. The Morgan fingerprint density at radius 3 is 3.00 bits per heavy atom. The number of fused-ring (bicyclic) bond motifs is 1. The number of carbonyl (C=O) groups is 1. The van der Waals surface area contributed by atoms with E-state index >= 15 is 0 Å². The second kappa shape index (κ2) is 8.87. The van der Waals surface area contributed by atoms with Gasteiger partial charge in [0.05, 0.1) is 23.1 Å². The van der Waals surface area contributed by atoms with Crippen molar-refractivity contribution in [2.75, 3.05) is 25.0 Å². The summed E-state index contributed by atoms with van der Waals surface area (Å²) in [7, 11) is 0. The minimum atomic E-state index is -0.216. The van der Waals surface area contributed by atoms with E-state index in [1.54, 1.807) is 17.2 Å². The van der Waals surface area contributed by atoms with Crippen molar-refractivity contribution in [3.8, 4) is 0 Å². The van der Waals surface area contributed by atoms with E-state index in [4.69, 9.17) is 17.0 Å². The normalized spacial score (nSPS) is 20.7. The molecule has 0 saturated carbocycles. The summed E-state index contributed by atoms with van der Waals surface area (Å²) in [5.41, 5.74) is 1.66. The van der Waals surface area contributed by atoms with Crippen molar-refractivity contribution in [2.45, 2.75) is 39.2 Å². The summed E-state index contributed by atoms with van der Waals surface area (Å²) < 4.78 is 7.67. The number of pyridine rings is 1. The molecule has 0 spiro atoms. The number of anilines is 1. The SMILES string of the molecule is CCCNc1nc2c(C)cccn2c(=O)c1/C=C1/SC(=S)N(C[C@H]2CCCO2)C1=O. The number of amides is 1. The average Bonchev–Trinajstić information content (AvgIpc) is 3.33. The molecule has 0 aliphatic carbocycles. The number of nitrogens with zero attached hydrogens (tertiary/aromatic N) is 3. The highest BCUT2D eigenvalue weighted by Crippen LogP contribution is 2.34. The molecule has 4 heterocycles. The summed E-state index contributed by atoms with van der Waals surface area (Å²) in [5.74, 6) is 0.302. The molecule has 0 bridgehead atoms. The lowest BCUT2D eigenvalue weighted by atomic mass is 10.2. The van der Waals surface area contributed by atoms with Crippen molar-refractivity contribution < 1.29 is 9.53 Å². The first-order valence-electron chi connectivity index (χ1n) is 10.1. The molecule has 4 rings (SSSR count). The lowest BCUT2D eigenvalue weighted by Crippen LogP contribution is -2.35. The first-order chi connectivity index (χ1) is 14.5. The van der Waals surface area contributed by atoms with Crippen LogP contribution in [0.5, 0.6) is 0 Å². The minimum absolute atomic E-state index is 0.0181. The Morgan fingerprint density at radius 2 is 2.27 bits per heavy atom. The summed E-state index contributed by atoms with van der Waals surface area (Å²) in [6, 6.07) is 3.73. The number of thiocarbonyl (C=S) groups is 1. The molecular formula is C21H24N4O3S2. The van der Waals surface area contributed by atoms with Crippen LogP contribution in [0.2, 0.25) is 0 Å². The quantitative estimate of drug-likeness (QED) is 0.542. The highest BCUT2D eigenvalue weighted by atomic mass is 32.2. The maximum Gasteiger partial charge on any atom is 0.267 e. The number of carbonyl (C=O) groups excluding carboxylic acids is 1. The molecule has 2 aromatic heterocycles. The lowest BCUT2D eigenvalue weighted by Gasteiger charge is -2.18. The van der Waals surface area contributed by atoms with Gasteiger partial charge in [-0.15, -0.1) is 0 Å². The van der Waals surface area contributed by atoms with Crippen molar-refractivity contribution in [3.05, 3.63) is 44.7 Å². The monoisotopic (exact) mass is 444 g/mol. The fourth-order valence-electron chi connectivity index (χ4n) is 3.60.